The highest BCUT2D eigenvalue weighted by atomic mass is 32.2. The highest BCUT2D eigenvalue weighted by Gasteiger charge is 2.25. The molecule has 232 valence electrons. The molecular weight excluding hydrogens is 588 g/mol. The Balaban J connectivity index is 1.94. The Kier molecular flexibility index (Phi) is 12.8. The summed E-state index contributed by atoms with van der Waals surface area (Å²) in [4.78, 5) is 30.8. The van der Waals surface area contributed by atoms with Gasteiger partial charge in [-0.3, -0.25) is 4.79 Å². The van der Waals surface area contributed by atoms with Gasteiger partial charge in [0.2, 0.25) is 0 Å². The van der Waals surface area contributed by atoms with Crippen LogP contribution in [0.25, 0.3) is 11.1 Å². The van der Waals surface area contributed by atoms with Crippen molar-refractivity contribution in [3.63, 3.8) is 0 Å². The third-order valence-electron chi connectivity index (χ3n) is 6.26. The maximum atomic E-state index is 13.2. The fourth-order valence-electron chi connectivity index (χ4n) is 4.23. The second-order valence-corrected chi connectivity index (χ2v) is 12.7. The van der Waals surface area contributed by atoms with Crippen molar-refractivity contribution in [2.45, 2.75) is 62.9 Å². The molecule has 0 bridgehead atoms. The predicted octanol–water partition coefficient (Wildman–Crippen LogP) is 5.44. The van der Waals surface area contributed by atoms with Crippen LogP contribution in [0.3, 0.4) is 0 Å². The minimum absolute atomic E-state index is 0.122. The number of imidazole rings is 1. The van der Waals surface area contributed by atoms with E-state index in [4.69, 9.17) is 14.5 Å². The lowest BCUT2D eigenvalue weighted by atomic mass is 10.0. The van der Waals surface area contributed by atoms with Crippen molar-refractivity contribution in [1.29, 1.82) is 0 Å². The number of carbonyl (C=O) groups is 2. The molecular formula is C31H40N4O6S2. The van der Waals surface area contributed by atoms with E-state index in [-0.39, 0.29) is 17.5 Å². The van der Waals surface area contributed by atoms with Gasteiger partial charge >= 0.3 is 11.9 Å². The summed E-state index contributed by atoms with van der Waals surface area (Å²) in [6.07, 6.45) is 4.49. The average Bonchev–Trinajstić information content (AvgIpc) is 3.31. The summed E-state index contributed by atoms with van der Waals surface area (Å²) in [5, 5.41) is 0.599. The van der Waals surface area contributed by atoms with Gasteiger partial charge in [0.1, 0.15) is 17.2 Å². The van der Waals surface area contributed by atoms with E-state index < -0.39 is 16.0 Å². The summed E-state index contributed by atoms with van der Waals surface area (Å²) in [7, 11) is -0.490. The molecule has 3 aromatic rings. The van der Waals surface area contributed by atoms with E-state index in [1.165, 1.54) is 25.0 Å². The van der Waals surface area contributed by atoms with Crippen molar-refractivity contribution in [3.8, 4) is 11.1 Å². The third-order valence-corrected chi connectivity index (χ3v) is 8.59. The molecule has 0 aliphatic carbocycles. The lowest BCUT2D eigenvalue weighted by molar-refractivity contribution is -0.140. The summed E-state index contributed by atoms with van der Waals surface area (Å²) in [6.45, 7) is 6.18. The molecule has 0 amide bonds. The molecule has 1 heterocycles. The van der Waals surface area contributed by atoms with E-state index in [0.29, 0.717) is 48.0 Å². The lowest BCUT2D eigenvalue weighted by Gasteiger charge is -2.13. The first kappa shape index (κ1) is 33.9. The van der Waals surface area contributed by atoms with E-state index in [2.05, 4.69) is 11.3 Å². The van der Waals surface area contributed by atoms with Crippen molar-refractivity contribution in [2.24, 2.45) is 4.40 Å². The lowest BCUT2D eigenvalue weighted by Crippen LogP contribution is -2.16. The number of ether oxygens (including phenoxy) is 2. The minimum atomic E-state index is -3.90. The normalized spacial score (nSPS) is 11.6. The van der Waals surface area contributed by atoms with Crippen LogP contribution in [0.5, 0.6) is 0 Å². The Morgan fingerprint density at radius 1 is 1.05 bits per heavy atom. The van der Waals surface area contributed by atoms with Crippen LogP contribution in [-0.2, 0) is 37.3 Å². The molecule has 2 aromatic carbocycles. The Hall–Kier alpha value is -3.64. The highest BCUT2D eigenvalue weighted by molar-refractivity contribution is 7.99. The van der Waals surface area contributed by atoms with Crippen molar-refractivity contribution < 1.29 is 27.5 Å². The van der Waals surface area contributed by atoms with Gasteiger partial charge in [-0.2, -0.15) is 8.42 Å². The van der Waals surface area contributed by atoms with Gasteiger partial charge in [-0.1, -0.05) is 55.8 Å². The number of thioether (sulfide) groups is 1. The summed E-state index contributed by atoms with van der Waals surface area (Å²) >= 11 is 1.45. The zero-order valence-corrected chi connectivity index (χ0v) is 27.0. The fraction of sp³-hybridized carbons (Fsp3) is 0.419. The maximum Gasteiger partial charge on any atom is 0.357 e. The summed E-state index contributed by atoms with van der Waals surface area (Å²) in [5.74, 6) is 0.665. The molecule has 1 aromatic heterocycles. The second kappa shape index (κ2) is 16.3. The minimum Gasteiger partial charge on any atom is -0.466 e. The molecule has 0 aliphatic heterocycles. The van der Waals surface area contributed by atoms with E-state index in [1.807, 2.05) is 28.8 Å². The van der Waals surface area contributed by atoms with E-state index in [1.54, 1.807) is 50.2 Å². The molecule has 3 rings (SSSR count). The molecule has 0 unspecified atom stereocenters. The van der Waals surface area contributed by atoms with Gasteiger partial charge < -0.3 is 18.9 Å². The van der Waals surface area contributed by atoms with Crippen molar-refractivity contribution in [2.75, 3.05) is 33.1 Å². The fourth-order valence-corrected chi connectivity index (χ4v) is 6.32. The number of aromatic nitrogens is 2. The van der Waals surface area contributed by atoms with Crippen molar-refractivity contribution in [1.82, 2.24) is 14.5 Å². The van der Waals surface area contributed by atoms with Gasteiger partial charge in [0.05, 0.1) is 18.1 Å². The zero-order chi connectivity index (χ0) is 31.4. The van der Waals surface area contributed by atoms with Crippen molar-refractivity contribution in [3.05, 3.63) is 65.6 Å². The Bertz CT molecular complexity index is 1520. The molecule has 0 radical (unpaired) electrons. The standard InChI is InChI=1S/C31H40N4O6S2/c1-6-8-14-28-33-30(42-20-11-19-41-23(3)36)29(31(37)40-7-2)35(28)21-24-15-17-25(18-16-24)26-12-9-10-13-27(26)43(38,39)32-22-34(4)5/h9-10,12-13,15-18,22H,6-8,11,14,19-21H2,1-5H3/b32-22+. The van der Waals surface area contributed by atoms with Gasteiger partial charge in [0.25, 0.3) is 10.0 Å². The Labute approximate surface area is 258 Å². The van der Waals surface area contributed by atoms with Crippen molar-refractivity contribution >= 4 is 40.1 Å². The van der Waals surface area contributed by atoms with Gasteiger partial charge in [-0.05, 0) is 37.0 Å². The number of carbonyl (C=O) groups excluding carboxylic acids is 2. The number of esters is 2. The topological polar surface area (TPSA) is 120 Å². The summed E-state index contributed by atoms with van der Waals surface area (Å²) < 4.78 is 42.1. The van der Waals surface area contributed by atoms with Crippen LogP contribution in [0, 0.1) is 0 Å². The SMILES string of the molecule is CCCCc1nc(SCCCOC(C)=O)c(C(=O)OCC)n1Cc1ccc(-c2ccccc2S(=O)(=O)/N=C/N(C)C)cc1. The highest BCUT2D eigenvalue weighted by Crippen LogP contribution is 2.30. The third kappa shape index (κ3) is 9.69. The number of rotatable bonds is 16. The molecule has 0 spiro atoms. The van der Waals surface area contributed by atoms with Crippen LogP contribution in [0.2, 0.25) is 0 Å². The number of nitrogens with zero attached hydrogens (tertiary/aromatic N) is 4. The predicted molar refractivity (Wildman–Crippen MR) is 169 cm³/mol. The number of unbranched alkanes of at least 4 members (excludes halogenated alkanes) is 1. The summed E-state index contributed by atoms with van der Waals surface area (Å²) in [6, 6.07) is 14.4. The maximum absolute atomic E-state index is 13.2. The number of hydrogen-bond acceptors (Lipinski definition) is 8. The van der Waals surface area contributed by atoms with Crippen LogP contribution in [0.1, 0.15) is 61.9 Å². The first-order chi connectivity index (χ1) is 20.6. The van der Waals surface area contributed by atoms with Crippen LogP contribution in [0.15, 0.2) is 62.9 Å². The van der Waals surface area contributed by atoms with Crippen LogP contribution in [-0.4, -0.2) is 74.2 Å². The van der Waals surface area contributed by atoms with E-state index in [0.717, 1.165) is 29.8 Å². The van der Waals surface area contributed by atoms with E-state index in [9.17, 15) is 18.0 Å². The molecule has 0 saturated heterocycles. The van der Waals surface area contributed by atoms with Crippen LogP contribution in [0.4, 0.5) is 0 Å². The molecule has 0 N–H and O–H groups in total. The zero-order valence-electron chi connectivity index (χ0n) is 25.4. The second-order valence-electron chi connectivity index (χ2n) is 9.99. The quantitative estimate of drug-likeness (QED) is 0.0671. The van der Waals surface area contributed by atoms with E-state index >= 15 is 0 Å². The first-order valence-electron chi connectivity index (χ1n) is 14.2. The molecule has 43 heavy (non-hydrogen) atoms. The monoisotopic (exact) mass is 628 g/mol. The van der Waals surface area contributed by atoms with Gasteiger partial charge in [-0.15, -0.1) is 16.2 Å². The van der Waals surface area contributed by atoms with Gasteiger partial charge in [-0.25, -0.2) is 9.78 Å². The average molecular weight is 629 g/mol. The molecule has 0 saturated carbocycles. The molecule has 0 aliphatic rings. The van der Waals surface area contributed by atoms with Gasteiger partial charge in [0, 0.05) is 45.3 Å². The molecule has 0 fully saturated rings. The molecule has 12 heteroatoms. The largest absolute Gasteiger partial charge is 0.466 e. The van der Waals surface area contributed by atoms with Crippen LogP contribution < -0.4 is 0 Å². The number of sulfonamides is 1. The first-order valence-corrected chi connectivity index (χ1v) is 16.7. The summed E-state index contributed by atoms with van der Waals surface area (Å²) in [5.41, 5.74) is 2.61. The van der Waals surface area contributed by atoms with Crippen LogP contribution >= 0.6 is 11.8 Å². The molecule has 10 nitrogen and oxygen atoms in total. The Morgan fingerprint density at radius 3 is 2.42 bits per heavy atom. The number of benzene rings is 2. The Morgan fingerprint density at radius 2 is 1.77 bits per heavy atom. The number of aryl methyl sites for hydroxylation is 1. The molecule has 0 atom stereocenters. The number of hydrogen-bond donors (Lipinski definition) is 0. The van der Waals surface area contributed by atoms with Gasteiger partial charge in [0.15, 0.2) is 5.69 Å². The smallest absolute Gasteiger partial charge is 0.357 e.